The van der Waals surface area contributed by atoms with Gasteiger partial charge in [-0.2, -0.15) is 0 Å². The summed E-state index contributed by atoms with van der Waals surface area (Å²) in [7, 11) is -1.47. The molecule has 0 amide bonds. The van der Waals surface area contributed by atoms with Crippen LogP contribution >= 0.6 is 11.2 Å². The molecule has 0 radical (unpaired) electrons. The maximum absolute atomic E-state index is 2.63. The van der Waals surface area contributed by atoms with E-state index in [0.717, 1.165) is 16.6 Å². The van der Waals surface area contributed by atoms with Crippen molar-refractivity contribution in [1.29, 1.82) is 0 Å². The van der Waals surface area contributed by atoms with E-state index in [9.17, 15) is 0 Å². The van der Waals surface area contributed by atoms with Gasteiger partial charge in [-0.25, -0.2) is 0 Å². The van der Waals surface area contributed by atoms with Crippen LogP contribution in [0.5, 0.6) is 0 Å². The van der Waals surface area contributed by atoms with Crippen LogP contribution in [-0.2, 0) is 0 Å². The molecule has 23 heavy (non-hydrogen) atoms. The molecule has 2 rings (SSSR count). The molecular weight excluding hydrogens is 314 g/mol. The molecule has 0 aromatic heterocycles. The lowest BCUT2D eigenvalue weighted by Gasteiger charge is -2.43. The van der Waals surface area contributed by atoms with Crippen LogP contribution in [0.4, 0.5) is 5.69 Å². The second kappa shape index (κ2) is 8.11. The average molecular weight is 350 g/mol. The van der Waals surface area contributed by atoms with Gasteiger partial charge in [0.25, 0.3) is 0 Å². The van der Waals surface area contributed by atoms with Crippen molar-refractivity contribution in [2.45, 2.75) is 82.3 Å². The lowest BCUT2D eigenvalue weighted by molar-refractivity contribution is 0.575. The van der Waals surface area contributed by atoms with Gasteiger partial charge in [-0.3, -0.25) is 0 Å². The zero-order chi connectivity index (χ0) is 17.0. The standard InChI is InChI=1S/C20H35NSSi/c1-16(2)23(17(3)4,18(5)6)22-20-13-9-8-12-19(20)21-14-10-7-11-15-21/h8-9,12-13,16-18H,7,10-11,14-15H2,1-6H3. The van der Waals surface area contributed by atoms with Gasteiger partial charge in [-0.15, -0.1) is 11.2 Å². The molecule has 1 fully saturated rings. The van der Waals surface area contributed by atoms with Crippen molar-refractivity contribution >= 4 is 24.1 Å². The summed E-state index contributed by atoms with van der Waals surface area (Å²) in [4.78, 5) is 4.17. The molecule has 0 unspecified atom stereocenters. The number of para-hydroxylation sites is 1. The third kappa shape index (κ3) is 3.99. The first-order valence-electron chi connectivity index (χ1n) is 9.42. The molecule has 3 heteroatoms. The molecule has 1 aliphatic rings. The average Bonchev–Trinajstić information content (AvgIpc) is 2.52. The van der Waals surface area contributed by atoms with E-state index < -0.39 is 7.22 Å². The minimum absolute atomic E-state index is 0.793. The molecule has 0 spiro atoms. The molecule has 1 aromatic carbocycles. The Labute approximate surface area is 148 Å². The molecule has 0 aliphatic carbocycles. The number of piperidine rings is 1. The van der Waals surface area contributed by atoms with Crippen LogP contribution in [0, 0.1) is 0 Å². The predicted molar refractivity (Wildman–Crippen MR) is 109 cm³/mol. The van der Waals surface area contributed by atoms with Gasteiger partial charge in [0.1, 0.15) is 7.22 Å². The number of rotatable bonds is 6. The van der Waals surface area contributed by atoms with Crippen molar-refractivity contribution in [2.75, 3.05) is 18.0 Å². The number of hydrogen-bond acceptors (Lipinski definition) is 2. The highest BCUT2D eigenvalue weighted by molar-refractivity contribution is 8.29. The minimum Gasteiger partial charge on any atom is -0.371 e. The Morgan fingerprint density at radius 1 is 0.826 bits per heavy atom. The van der Waals surface area contributed by atoms with Crippen LogP contribution in [0.15, 0.2) is 29.2 Å². The molecule has 0 bridgehead atoms. The topological polar surface area (TPSA) is 3.24 Å². The Morgan fingerprint density at radius 2 is 1.35 bits per heavy atom. The van der Waals surface area contributed by atoms with E-state index in [2.05, 4.69) is 81.9 Å². The van der Waals surface area contributed by atoms with Crippen LogP contribution in [-0.4, -0.2) is 20.3 Å². The Kier molecular flexibility index (Phi) is 6.67. The van der Waals surface area contributed by atoms with Crippen molar-refractivity contribution in [3.05, 3.63) is 24.3 Å². The zero-order valence-corrected chi connectivity index (χ0v) is 17.7. The fourth-order valence-corrected chi connectivity index (χ4v) is 13.8. The van der Waals surface area contributed by atoms with Gasteiger partial charge >= 0.3 is 0 Å². The maximum Gasteiger partial charge on any atom is 0.131 e. The van der Waals surface area contributed by atoms with E-state index >= 15 is 0 Å². The van der Waals surface area contributed by atoms with Crippen molar-refractivity contribution in [3.8, 4) is 0 Å². The smallest absolute Gasteiger partial charge is 0.131 e. The molecule has 1 aliphatic heterocycles. The van der Waals surface area contributed by atoms with Gasteiger partial charge in [0, 0.05) is 23.7 Å². The normalized spacial score (nSPS) is 16.7. The van der Waals surface area contributed by atoms with Gasteiger partial charge in [0.05, 0.1) is 0 Å². The predicted octanol–water partition coefficient (Wildman–Crippen LogP) is 6.94. The number of benzene rings is 1. The molecule has 0 saturated carbocycles. The molecular formula is C20H35NSSi. The highest BCUT2D eigenvalue weighted by Gasteiger charge is 2.44. The maximum atomic E-state index is 2.63. The van der Waals surface area contributed by atoms with Crippen LogP contribution in [0.1, 0.15) is 60.8 Å². The van der Waals surface area contributed by atoms with Crippen LogP contribution in [0.2, 0.25) is 16.6 Å². The highest BCUT2D eigenvalue weighted by atomic mass is 32.4. The summed E-state index contributed by atoms with van der Waals surface area (Å²) in [5.41, 5.74) is 3.88. The minimum atomic E-state index is -1.47. The lowest BCUT2D eigenvalue weighted by atomic mass is 10.1. The van der Waals surface area contributed by atoms with Gasteiger partial charge < -0.3 is 4.90 Å². The van der Waals surface area contributed by atoms with Crippen LogP contribution < -0.4 is 4.90 Å². The first-order valence-corrected chi connectivity index (χ1v) is 13.2. The third-order valence-electron chi connectivity index (χ3n) is 5.56. The summed E-state index contributed by atoms with van der Waals surface area (Å²) in [6.45, 7) is 17.2. The van der Waals surface area contributed by atoms with Gasteiger partial charge in [0.15, 0.2) is 0 Å². The fraction of sp³-hybridized carbons (Fsp3) is 0.700. The van der Waals surface area contributed by atoms with Crippen molar-refractivity contribution in [1.82, 2.24) is 0 Å². The number of anilines is 1. The molecule has 1 heterocycles. The Hall–Kier alpha value is -0.413. The van der Waals surface area contributed by atoms with Gasteiger partial charge in [0.2, 0.25) is 0 Å². The Morgan fingerprint density at radius 3 is 1.87 bits per heavy atom. The quantitative estimate of drug-likeness (QED) is 0.511. The first kappa shape index (κ1) is 18.9. The van der Waals surface area contributed by atoms with E-state index in [1.54, 1.807) is 0 Å². The van der Waals surface area contributed by atoms with E-state index in [1.165, 1.54) is 42.9 Å². The summed E-state index contributed by atoms with van der Waals surface area (Å²) in [5.74, 6) is 0. The SMILES string of the molecule is CC(C)[Si](Sc1ccccc1N1CCCCC1)(C(C)C)C(C)C. The summed E-state index contributed by atoms with van der Waals surface area (Å²) in [5, 5.41) is 0. The van der Waals surface area contributed by atoms with Crippen LogP contribution in [0.25, 0.3) is 0 Å². The summed E-state index contributed by atoms with van der Waals surface area (Å²) in [6, 6.07) is 9.19. The van der Waals surface area contributed by atoms with E-state index in [1.807, 2.05) is 0 Å². The molecule has 130 valence electrons. The molecule has 0 N–H and O–H groups in total. The lowest BCUT2D eigenvalue weighted by Crippen LogP contribution is -2.41. The Bertz CT molecular complexity index is 470. The van der Waals surface area contributed by atoms with Crippen molar-refractivity contribution in [3.63, 3.8) is 0 Å². The molecule has 1 nitrogen and oxygen atoms in total. The van der Waals surface area contributed by atoms with E-state index in [0.29, 0.717) is 0 Å². The van der Waals surface area contributed by atoms with Crippen molar-refractivity contribution < 1.29 is 0 Å². The monoisotopic (exact) mass is 349 g/mol. The number of nitrogens with zero attached hydrogens (tertiary/aromatic N) is 1. The fourth-order valence-electron chi connectivity index (χ4n) is 4.48. The third-order valence-corrected chi connectivity index (χ3v) is 17.9. The van der Waals surface area contributed by atoms with Gasteiger partial charge in [-0.05, 0) is 48.0 Å². The molecule has 0 atom stereocenters. The molecule has 1 saturated heterocycles. The van der Waals surface area contributed by atoms with Crippen LogP contribution in [0.3, 0.4) is 0 Å². The van der Waals surface area contributed by atoms with E-state index in [4.69, 9.17) is 0 Å². The molecule has 1 aromatic rings. The Balaban J connectivity index is 2.37. The highest BCUT2D eigenvalue weighted by Crippen LogP contribution is 2.53. The largest absolute Gasteiger partial charge is 0.371 e. The van der Waals surface area contributed by atoms with E-state index in [-0.39, 0.29) is 0 Å². The first-order chi connectivity index (χ1) is 10.9. The van der Waals surface area contributed by atoms with Gasteiger partial charge in [-0.1, -0.05) is 53.7 Å². The second-order valence-electron chi connectivity index (χ2n) is 7.94. The number of hydrogen-bond donors (Lipinski definition) is 0. The second-order valence-corrected chi connectivity index (χ2v) is 16.5. The summed E-state index contributed by atoms with van der Waals surface area (Å²) < 4.78 is 0. The van der Waals surface area contributed by atoms with Crippen molar-refractivity contribution in [2.24, 2.45) is 0 Å². The zero-order valence-electron chi connectivity index (χ0n) is 15.9. The summed E-state index contributed by atoms with van der Waals surface area (Å²) >= 11 is 2.28. The summed E-state index contributed by atoms with van der Waals surface area (Å²) in [6.07, 6.45) is 4.09.